The molecule has 1 aromatic heterocycles. The van der Waals surface area contributed by atoms with Crippen LogP contribution in [0.1, 0.15) is 35.5 Å². The fourth-order valence-electron chi connectivity index (χ4n) is 2.11. The van der Waals surface area contributed by atoms with Gasteiger partial charge in [-0.15, -0.1) is 11.3 Å². The number of carbonyl (C=O) groups excluding carboxylic acids is 1. The third kappa shape index (κ3) is 2.73. The highest BCUT2D eigenvalue weighted by Gasteiger charge is 2.24. The van der Waals surface area contributed by atoms with Crippen molar-refractivity contribution in [3.8, 4) is 0 Å². The Kier molecular flexibility index (Phi) is 4.20. The summed E-state index contributed by atoms with van der Waals surface area (Å²) in [7, 11) is 0. The first kappa shape index (κ1) is 14.7. The second-order valence-corrected chi connectivity index (χ2v) is 5.98. The van der Waals surface area contributed by atoms with Gasteiger partial charge in [-0.25, -0.2) is 0 Å². The molecule has 0 radical (unpaired) electrons. The number of thiophene rings is 1. The molecule has 0 spiro atoms. The minimum Gasteiger partial charge on any atom is -0.402 e. The first-order valence-electron chi connectivity index (χ1n) is 6.41. The molecular weight excluding hydrogens is 276 g/mol. The van der Waals surface area contributed by atoms with Gasteiger partial charge in [-0.3, -0.25) is 4.79 Å². The first-order chi connectivity index (χ1) is 9.41. The molecule has 2 heterocycles. The fraction of sp³-hybridized carbons (Fsp3) is 0.462. The molecule has 1 aromatic rings. The highest BCUT2D eigenvalue weighted by atomic mass is 32.1. The van der Waals surface area contributed by atoms with Crippen LogP contribution in [0.4, 0.5) is 10.7 Å². The third-order valence-electron chi connectivity index (χ3n) is 3.41. The number of amides is 1. The largest absolute Gasteiger partial charge is 0.402 e. The summed E-state index contributed by atoms with van der Waals surface area (Å²) in [5.74, 6) is -0.205. The summed E-state index contributed by atoms with van der Waals surface area (Å²) in [5.41, 5.74) is 20.3. The van der Waals surface area contributed by atoms with Gasteiger partial charge in [-0.05, 0) is 25.8 Å². The Balaban J connectivity index is 2.27. The highest BCUT2D eigenvalue weighted by molar-refractivity contribution is 7.18. The van der Waals surface area contributed by atoms with Gasteiger partial charge in [-0.1, -0.05) is 0 Å². The number of carbonyl (C=O) groups is 1. The molecule has 110 valence electrons. The Labute approximate surface area is 122 Å². The molecule has 0 aromatic carbocycles. The van der Waals surface area contributed by atoms with Crippen molar-refractivity contribution in [3.63, 3.8) is 0 Å². The van der Waals surface area contributed by atoms with Gasteiger partial charge in [0.1, 0.15) is 4.88 Å². The lowest BCUT2D eigenvalue weighted by Gasteiger charge is -2.10. The minimum absolute atomic E-state index is 0.0431. The van der Waals surface area contributed by atoms with Crippen LogP contribution in [-0.4, -0.2) is 25.2 Å². The van der Waals surface area contributed by atoms with E-state index in [0.717, 1.165) is 12.0 Å². The first-order valence-corrected chi connectivity index (χ1v) is 7.23. The van der Waals surface area contributed by atoms with Gasteiger partial charge in [-0.2, -0.15) is 0 Å². The third-order valence-corrected chi connectivity index (χ3v) is 4.44. The maximum atomic E-state index is 12.2. The molecule has 0 saturated carbocycles. The van der Waals surface area contributed by atoms with E-state index in [-0.39, 0.29) is 11.9 Å². The van der Waals surface area contributed by atoms with Gasteiger partial charge in [0, 0.05) is 17.9 Å². The quantitative estimate of drug-likeness (QED) is 0.667. The lowest BCUT2D eigenvalue weighted by Crippen LogP contribution is -2.34. The van der Waals surface area contributed by atoms with E-state index in [1.54, 1.807) is 6.92 Å². The van der Waals surface area contributed by atoms with Crippen LogP contribution in [0.15, 0.2) is 5.70 Å². The van der Waals surface area contributed by atoms with Crippen molar-refractivity contribution in [1.82, 2.24) is 5.32 Å². The zero-order valence-corrected chi connectivity index (χ0v) is 12.5. The monoisotopic (exact) mass is 296 g/mol. The zero-order valence-electron chi connectivity index (χ0n) is 11.7. The van der Waals surface area contributed by atoms with E-state index in [1.807, 2.05) is 6.92 Å². The van der Waals surface area contributed by atoms with Crippen molar-refractivity contribution in [2.24, 2.45) is 5.73 Å². The number of anilines is 2. The number of nitrogens with two attached hydrogens (primary N) is 3. The summed E-state index contributed by atoms with van der Waals surface area (Å²) in [6, 6.07) is 0.0431. The van der Waals surface area contributed by atoms with Gasteiger partial charge in [0.2, 0.25) is 0 Å². The van der Waals surface area contributed by atoms with E-state index in [0.29, 0.717) is 40.0 Å². The summed E-state index contributed by atoms with van der Waals surface area (Å²) in [4.78, 5) is 12.7. The second kappa shape index (κ2) is 5.72. The van der Waals surface area contributed by atoms with E-state index in [9.17, 15) is 4.79 Å². The number of hydrogen-bond donors (Lipinski definition) is 4. The molecule has 2 rings (SSSR count). The van der Waals surface area contributed by atoms with Gasteiger partial charge >= 0.3 is 0 Å². The van der Waals surface area contributed by atoms with Gasteiger partial charge in [0.05, 0.1) is 23.3 Å². The SMILES string of the molecule is C/C(N)=C(\C)c1c(N)sc(C(=O)NC2CCOC2)c1N. The van der Waals surface area contributed by atoms with Gasteiger partial charge < -0.3 is 27.3 Å². The minimum atomic E-state index is -0.205. The molecule has 6 nitrogen and oxygen atoms in total. The summed E-state index contributed by atoms with van der Waals surface area (Å²) < 4.78 is 5.23. The van der Waals surface area contributed by atoms with Crippen molar-refractivity contribution in [2.75, 3.05) is 24.7 Å². The molecule has 1 fully saturated rings. The number of allylic oxidation sites excluding steroid dienone is 2. The van der Waals surface area contributed by atoms with Crippen molar-refractivity contribution in [3.05, 3.63) is 16.1 Å². The van der Waals surface area contributed by atoms with E-state index >= 15 is 0 Å². The molecule has 1 unspecified atom stereocenters. The normalized spacial score (nSPS) is 19.8. The Morgan fingerprint density at radius 1 is 1.40 bits per heavy atom. The molecule has 7 heteroatoms. The van der Waals surface area contributed by atoms with Crippen LogP contribution in [0.3, 0.4) is 0 Å². The van der Waals surface area contributed by atoms with E-state index in [2.05, 4.69) is 5.32 Å². The van der Waals surface area contributed by atoms with Gasteiger partial charge in [0.15, 0.2) is 0 Å². The molecule has 0 bridgehead atoms. The number of nitrogens with one attached hydrogen (secondary N) is 1. The lowest BCUT2D eigenvalue weighted by molar-refractivity contribution is 0.0935. The molecule has 1 atom stereocenters. The molecule has 20 heavy (non-hydrogen) atoms. The van der Waals surface area contributed by atoms with Crippen molar-refractivity contribution in [1.29, 1.82) is 0 Å². The standard InChI is InChI=1S/C13H20N4O2S/c1-6(7(2)14)9-10(15)11(20-12(9)16)13(18)17-8-3-4-19-5-8/h8H,3-5,14-16H2,1-2H3,(H,17,18)/b7-6-. The summed E-state index contributed by atoms with van der Waals surface area (Å²) in [6.45, 7) is 4.84. The second-order valence-electron chi connectivity index (χ2n) is 4.93. The van der Waals surface area contributed by atoms with Crippen molar-refractivity contribution >= 4 is 33.5 Å². The Morgan fingerprint density at radius 2 is 2.10 bits per heavy atom. The molecule has 1 saturated heterocycles. The summed E-state index contributed by atoms with van der Waals surface area (Å²) >= 11 is 1.19. The molecule has 1 aliphatic heterocycles. The Morgan fingerprint density at radius 3 is 2.65 bits per heavy atom. The molecule has 1 aliphatic rings. The molecule has 7 N–H and O–H groups in total. The average molecular weight is 296 g/mol. The number of nitrogen functional groups attached to an aromatic ring is 2. The van der Waals surface area contributed by atoms with Crippen LogP contribution in [-0.2, 0) is 4.74 Å². The smallest absolute Gasteiger partial charge is 0.263 e. The van der Waals surface area contributed by atoms with E-state index in [1.165, 1.54) is 11.3 Å². The Bertz CT molecular complexity index is 555. The predicted molar refractivity (Wildman–Crippen MR) is 82.3 cm³/mol. The van der Waals surface area contributed by atoms with Crippen molar-refractivity contribution in [2.45, 2.75) is 26.3 Å². The van der Waals surface area contributed by atoms with Crippen molar-refractivity contribution < 1.29 is 9.53 Å². The van der Waals surface area contributed by atoms with Crippen LogP contribution in [0.2, 0.25) is 0 Å². The predicted octanol–water partition coefficient (Wildman–Crippen LogP) is 1.14. The number of rotatable bonds is 3. The molecule has 0 aliphatic carbocycles. The van der Waals surface area contributed by atoms with Crippen LogP contribution in [0, 0.1) is 0 Å². The molecule has 1 amide bonds. The van der Waals surface area contributed by atoms with E-state index in [4.69, 9.17) is 21.9 Å². The van der Waals surface area contributed by atoms with Crippen LogP contribution in [0.25, 0.3) is 5.57 Å². The average Bonchev–Trinajstić information content (AvgIpc) is 2.97. The summed E-state index contributed by atoms with van der Waals surface area (Å²) in [6.07, 6.45) is 0.820. The lowest BCUT2D eigenvalue weighted by atomic mass is 10.1. The maximum absolute atomic E-state index is 12.2. The number of hydrogen-bond acceptors (Lipinski definition) is 6. The van der Waals surface area contributed by atoms with Gasteiger partial charge in [0.25, 0.3) is 5.91 Å². The summed E-state index contributed by atoms with van der Waals surface area (Å²) in [5, 5.41) is 3.42. The Hall–Kier alpha value is -1.73. The zero-order chi connectivity index (χ0) is 14.9. The molecular formula is C13H20N4O2S. The van der Waals surface area contributed by atoms with E-state index < -0.39 is 0 Å². The van der Waals surface area contributed by atoms with Crippen LogP contribution in [0.5, 0.6) is 0 Å². The topological polar surface area (TPSA) is 116 Å². The van der Waals surface area contributed by atoms with Crippen LogP contribution < -0.4 is 22.5 Å². The number of ether oxygens (including phenoxy) is 1. The van der Waals surface area contributed by atoms with Crippen LogP contribution >= 0.6 is 11.3 Å². The maximum Gasteiger partial charge on any atom is 0.263 e. The fourth-order valence-corrected chi connectivity index (χ4v) is 3.06. The highest BCUT2D eigenvalue weighted by Crippen LogP contribution is 2.38.